The third-order valence-electron chi connectivity index (χ3n) is 4.64. The maximum absolute atomic E-state index is 10.5. The average Bonchev–Trinajstić information content (AvgIpc) is 3.15. The first kappa shape index (κ1) is 17.4. The predicted octanol–water partition coefficient (Wildman–Crippen LogP) is 3.70. The fourth-order valence-electron chi connectivity index (χ4n) is 2.89. The third-order valence-corrected chi connectivity index (χ3v) is 4.64. The summed E-state index contributed by atoms with van der Waals surface area (Å²) in [5.74, 6) is 0. The van der Waals surface area contributed by atoms with Crippen LogP contribution in [0, 0.1) is 13.8 Å². The van der Waals surface area contributed by atoms with Gasteiger partial charge >= 0.3 is 0 Å². The van der Waals surface area contributed by atoms with Gasteiger partial charge in [-0.2, -0.15) is 0 Å². The standard InChI is InChI=1S/C21H25N3O/c1-15-4-6-18(7-5-15)21(25)17(3)23-13-19-8-9-20(12-16(19)2)24-11-10-22-14-24/h4-12,14,17,21,23,25H,13H2,1-3H3. The minimum Gasteiger partial charge on any atom is -0.387 e. The molecule has 0 fully saturated rings. The van der Waals surface area contributed by atoms with Crippen LogP contribution in [0.25, 0.3) is 5.69 Å². The van der Waals surface area contributed by atoms with Gasteiger partial charge in [0.05, 0.1) is 12.4 Å². The highest BCUT2D eigenvalue weighted by molar-refractivity contribution is 5.40. The molecule has 0 saturated heterocycles. The Kier molecular flexibility index (Phi) is 5.31. The first-order chi connectivity index (χ1) is 12.0. The zero-order valence-corrected chi connectivity index (χ0v) is 15.0. The van der Waals surface area contributed by atoms with Crippen molar-refractivity contribution in [1.82, 2.24) is 14.9 Å². The number of benzene rings is 2. The van der Waals surface area contributed by atoms with Gasteiger partial charge in [-0.25, -0.2) is 4.98 Å². The van der Waals surface area contributed by atoms with Gasteiger partial charge in [0.1, 0.15) is 0 Å². The van der Waals surface area contributed by atoms with Crippen molar-refractivity contribution in [2.45, 2.75) is 39.5 Å². The molecule has 0 aliphatic rings. The molecule has 1 heterocycles. The second-order valence-electron chi connectivity index (χ2n) is 6.61. The number of nitrogens with zero attached hydrogens (tertiary/aromatic N) is 2. The van der Waals surface area contributed by atoms with Gasteiger partial charge in [-0.05, 0) is 49.6 Å². The summed E-state index contributed by atoms with van der Waals surface area (Å²) in [4.78, 5) is 4.09. The Bertz CT molecular complexity index is 810. The second kappa shape index (κ2) is 7.64. The van der Waals surface area contributed by atoms with Crippen molar-refractivity contribution in [3.63, 3.8) is 0 Å². The SMILES string of the molecule is Cc1ccc(C(O)C(C)NCc2ccc(-n3ccnc3)cc2C)cc1. The van der Waals surface area contributed by atoms with Crippen LogP contribution in [0.1, 0.15) is 35.3 Å². The van der Waals surface area contributed by atoms with Gasteiger partial charge in [-0.1, -0.05) is 35.9 Å². The fourth-order valence-corrected chi connectivity index (χ4v) is 2.89. The summed E-state index contributed by atoms with van der Waals surface area (Å²) in [6.07, 6.45) is 4.99. The number of aryl methyl sites for hydroxylation is 2. The zero-order valence-electron chi connectivity index (χ0n) is 15.0. The molecule has 0 spiro atoms. The van der Waals surface area contributed by atoms with Crippen molar-refractivity contribution >= 4 is 0 Å². The van der Waals surface area contributed by atoms with E-state index in [2.05, 4.69) is 35.4 Å². The highest BCUT2D eigenvalue weighted by Gasteiger charge is 2.16. The topological polar surface area (TPSA) is 50.1 Å². The minimum absolute atomic E-state index is 0.0320. The van der Waals surface area contributed by atoms with Crippen molar-refractivity contribution in [1.29, 1.82) is 0 Å². The van der Waals surface area contributed by atoms with E-state index >= 15 is 0 Å². The van der Waals surface area contributed by atoms with Crippen molar-refractivity contribution < 1.29 is 5.11 Å². The quantitative estimate of drug-likeness (QED) is 0.722. The van der Waals surface area contributed by atoms with Gasteiger partial charge in [-0.15, -0.1) is 0 Å². The van der Waals surface area contributed by atoms with Crippen molar-refractivity contribution in [2.24, 2.45) is 0 Å². The molecule has 4 heteroatoms. The van der Waals surface area contributed by atoms with Crippen molar-refractivity contribution in [3.8, 4) is 5.69 Å². The van der Waals surface area contributed by atoms with Crippen LogP contribution in [0.2, 0.25) is 0 Å². The molecule has 0 saturated carbocycles. The number of hydrogen-bond acceptors (Lipinski definition) is 3. The average molecular weight is 335 g/mol. The lowest BCUT2D eigenvalue weighted by molar-refractivity contribution is 0.135. The highest BCUT2D eigenvalue weighted by Crippen LogP contribution is 2.19. The number of nitrogens with one attached hydrogen (secondary N) is 1. The van der Waals surface area contributed by atoms with E-state index in [0.29, 0.717) is 0 Å². The van der Waals surface area contributed by atoms with Gasteiger partial charge in [-0.3, -0.25) is 0 Å². The van der Waals surface area contributed by atoms with Crippen LogP contribution < -0.4 is 5.32 Å². The van der Waals surface area contributed by atoms with E-state index in [4.69, 9.17) is 0 Å². The smallest absolute Gasteiger partial charge is 0.0991 e. The van der Waals surface area contributed by atoms with Crippen LogP contribution in [0.15, 0.2) is 61.2 Å². The monoisotopic (exact) mass is 335 g/mol. The van der Waals surface area contributed by atoms with E-state index in [1.54, 1.807) is 12.5 Å². The molecule has 25 heavy (non-hydrogen) atoms. The normalized spacial score (nSPS) is 13.6. The Morgan fingerprint density at radius 2 is 1.88 bits per heavy atom. The van der Waals surface area contributed by atoms with Crippen LogP contribution in [0.3, 0.4) is 0 Å². The first-order valence-electron chi connectivity index (χ1n) is 8.60. The molecule has 0 amide bonds. The lowest BCUT2D eigenvalue weighted by atomic mass is 10.0. The van der Waals surface area contributed by atoms with E-state index in [0.717, 1.165) is 17.8 Å². The number of aliphatic hydroxyl groups is 1. The van der Waals surface area contributed by atoms with E-state index in [-0.39, 0.29) is 6.04 Å². The molecular formula is C21H25N3O. The molecule has 0 aliphatic heterocycles. The Morgan fingerprint density at radius 1 is 1.12 bits per heavy atom. The first-order valence-corrected chi connectivity index (χ1v) is 8.60. The zero-order chi connectivity index (χ0) is 17.8. The van der Waals surface area contributed by atoms with E-state index < -0.39 is 6.10 Å². The van der Waals surface area contributed by atoms with Crippen LogP contribution in [0.5, 0.6) is 0 Å². The van der Waals surface area contributed by atoms with Crippen molar-refractivity contribution in [3.05, 3.63) is 83.4 Å². The lowest BCUT2D eigenvalue weighted by Crippen LogP contribution is -2.31. The predicted molar refractivity (Wildman–Crippen MR) is 101 cm³/mol. The minimum atomic E-state index is -0.522. The van der Waals surface area contributed by atoms with Crippen LogP contribution in [-0.2, 0) is 6.54 Å². The maximum Gasteiger partial charge on any atom is 0.0991 e. The molecular weight excluding hydrogens is 310 g/mol. The van der Waals surface area contributed by atoms with Crippen molar-refractivity contribution in [2.75, 3.05) is 0 Å². The molecule has 130 valence electrons. The Labute approximate surface area is 149 Å². The summed E-state index contributed by atoms with van der Waals surface area (Å²) in [5.41, 5.74) is 5.69. The molecule has 4 nitrogen and oxygen atoms in total. The molecule has 0 radical (unpaired) electrons. The molecule has 2 aromatic carbocycles. The number of imidazole rings is 1. The van der Waals surface area contributed by atoms with Gasteiger partial charge in [0, 0.05) is 30.7 Å². The van der Waals surface area contributed by atoms with Gasteiger partial charge in [0.25, 0.3) is 0 Å². The third kappa shape index (κ3) is 4.16. The Balaban J connectivity index is 1.63. The summed E-state index contributed by atoms with van der Waals surface area (Å²) < 4.78 is 1.99. The summed E-state index contributed by atoms with van der Waals surface area (Å²) in [6, 6.07) is 14.4. The second-order valence-corrected chi connectivity index (χ2v) is 6.61. The number of aliphatic hydroxyl groups excluding tert-OH is 1. The van der Waals surface area contributed by atoms with E-state index in [1.165, 1.54) is 16.7 Å². The molecule has 0 aliphatic carbocycles. The Morgan fingerprint density at radius 3 is 2.52 bits per heavy atom. The lowest BCUT2D eigenvalue weighted by Gasteiger charge is -2.21. The van der Waals surface area contributed by atoms with Gasteiger partial charge in [0.15, 0.2) is 0 Å². The van der Waals surface area contributed by atoms with E-state index in [1.807, 2.05) is 48.9 Å². The molecule has 3 rings (SSSR count). The molecule has 2 atom stereocenters. The Hall–Kier alpha value is -2.43. The molecule has 1 aromatic heterocycles. The van der Waals surface area contributed by atoms with Gasteiger partial charge in [0.2, 0.25) is 0 Å². The van der Waals surface area contributed by atoms with Gasteiger partial charge < -0.3 is 15.0 Å². The van der Waals surface area contributed by atoms with Crippen LogP contribution >= 0.6 is 0 Å². The summed E-state index contributed by atoms with van der Waals surface area (Å²) in [6.45, 7) is 6.90. The fraction of sp³-hybridized carbons (Fsp3) is 0.286. The molecule has 2 unspecified atom stereocenters. The van der Waals surface area contributed by atoms with E-state index in [9.17, 15) is 5.11 Å². The summed E-state index contributed by atoms with van der Waals surface area (Å²) >= 11 is 0. The van der Waals surface area contributed by atoms with Crippen LogP contribution in [0.4, 0.5) is 0 Å². The van der Waals surface area contributed by atoms with Crippen LogP contribution in [-0.4, -0.2) is 20.7 Å². The molecule has 0 bridgehead atoms. The molecule has 3 aromatic rings. The maximum atomic E-state index is 10.5. The summed E-state index contributed by atoms with van der Waals surface area (Å²) in [5, 5.41) is 14.0. The number of rotatable bonds is 6. The molecule has 2 N–H and O–H groups in total. The number of hydrogen-bond donors (Lipinski definition) is 2. The highest BCUT2D eigenvalue weighted by atomic mass is 16.3. The number of aromatic nitrogens is 2. The largest absolute Gasteiger partial charge is 0.387 e. The summed E-state index contributed by atoms with van der Waals surface area (Å²) in [7, 11) is 0.